The standard InChI is InChI=1S/C21H24N2O/c1-2-16-7-8-18-10-9-17-5-3-4-6-20(17)23(21(18)13-16)15-19-14-22-11-12-24-19/h3-10,13,19,22H,2,11-12,14-15H2,1H3. The van der Waals surface area contributed by atoms with Gasteiger partial charge in [0.2, 0.25) is 0 Å². The van der Waals surface area contributed by atoms with E-state index in [1.807, 2.05) is 0 Å². The topological polar surface area (TPSA) is 24.5 Å². The van der Waals surface area contributed by atoms with Crippen molar-refractivity contribution in [3.63, 3.8) is 0 Å². The molecule has 2 aliphatic rings. The number of morpholine rings is 1. The molecule has 0 amide bonds. The number of anilines is 2. The molecule has 2 aromatic rings. The number of aryl methyl sites for hydroxylation is 1. The van der Waals surface area contributed by atoms with Gasteiger partial charge in [0, 0.05) is 24.5 Å². The first-order chi connectivity index (χ1) is 11.8. The van der Waals surface area contributed by atoms with E-state index in [-0.39, 0.29) is 6.10 Å². The van der Waals surface area contributed by atoms with Crippen molar-refractivity contribution in [3.8, 4) is 0 Å². The molecule has 0 saturated carbocycles. The second-order valence-electron chi connectivity index (χ2n) is 6.45. The zero-order valence-corrected chi connectivity index (χ0v) is 14.2. The van der Waals surface area contributed by atoms with Crippen LogP contribution >= 0.6 is 0 Å². The molecule has 0 bridgehead atoms. The minimum atomic E-state index is 0.211. The zero-order chi connectivity index (χ0) is 16.4. The van der Waals surface area contributed by atoms with E-state index in [0.717, 1.165) is 32.7 Å². The van der Waals surface area contributed by atoms with Crippen LogP contribution in [0.5, 0.6) is 0 Å². The molecule has 3 heteroatoms. The predicted octanol–water partition coefficient (Wildman–Crippen LogP) is 3.86. The molecule has 0 aromatic heterocycles. The van der Waals surface area contributed by atoms with Crippen LogP contribution in [-0.2, 0) is 11.2 Å². The van der Waals surface area contributed by atoms with Crippen molar-refractivity contribution in [2.45, 2.75) is 19.4 Å². The first-order valence-electron chi connectivity index (χ1n) is 8.85. The Morgan fingerprint density at radius 2 is 1.92 bits per heavy atom. The normalized spacial score (nSPS) is 19.5. The summed E-state index contributed by atoms with van der Waals surface area (Å²) < 4.78 is 5.98. The van der Waals surface area contributed by atoms with E-state index in [4.69, 9.17) is 4.74 Å². The molecule has 1 unspecified atom stereocenters. The van der Waals surface area contributed by atoms with Crippen molar-refractivity contribution in [1.29, 1.82) is 0 Å². The zero-order valence-electron chi connectivity index (χ0n) is 14.2. The van der Waals surface area contributed by atoms with Crippen LogP contribution < -0.4 is 10.2 Å². The van der Waals surface area contributed by atoms with Crippen LogP contribution in [0, 0.1) is 0 Å². The monoisotopic (exact) mass is 320 g/mol. The number of hydrogen-bond donors (Lipinski definition) is 1. The fraction of sp³-hybridized carbons (Fsp3) is 0.333. The lowest BCUT2D eigenvalue weighted by Crippen LogP contribution is -2.44. The molecule has 0 spiro atoms. The van der Waals surface area contributed by atoms with E-state index in [1.165, 1.54) is 28.1 Å². The van der Waals surface area contributed by atoms with E-state index in [0.29, 0.717) is 0 Å². The summed E-state index contributed by atoms with van der Waals surface area (Å²) in [6, 6.07) is 15.4. The Balaban J connectivity index is 1.78. The maximum atomic E-state index is 5.98. The average molecular weight is 320 g/mol. The van der Waals surface area contributed by atoms with Crippen LogP contribution in [0.15, 0.2) is 42.5 Å². The third kappa shape index (κ3) is 2.97. The quantitative estimate of drug-likeness (QED) is 0.929. The molecule has 0 aliphatic carbocycles. The summed E-state index contributed by atoms with van der Waals surface area (Å²) in [5, 5.41) is 3.44. The van der Waals surface area contributed by atoms with Gasteiger partial charge in [-0.15, -0.1) is 0 Å². The van der Waals surface area contributed by atoms with Crippen molar-refractivity contribution < 1.29 is 4.74 Å². The molecule has 0 radical (unpaired) electrons. The van der Waals surface area contributed by atoms with E-state index < -0.39 is 0 Å². The van der Waals surface area contributed by atoms with Crippen LogP contribution in [0.2, 0.25) is 0 Å². The Morgan fingerprint density at radius 3 is 2.71 bits per heavy atom. The van der Waals surface area contributed by atoms with Crippen molar-refractivity contribution >= 4 is 23.5 Å². The molecule has 1 saturated heterocycles. The second kappa shape index (κ2) is 6.80. The largest absolute Gasteiger partial charge is 0.374 e. The van der Waals surface area contributed by atoms with Gasteiger partial charge >= 0.3 is 0 Å². The number of rotatable bonds is 3. The lowest BCUT2D eigenvalue weighted by molar-refractivity contribution is 0.0346. The van der Waals surface area contributed by atoms with Crippen molar-refractivity contribution in [3.05, 3.63) is 59.2 Å². The van der Waals surface area contributed by atoms with Gasteiger partial charge in [-0.3, -0.25) is 0 Å². The van der Waals surface area contributed by atoms with E-state index in [9.17, 15) is 0 Å². The molecule has 1 fully saturated rings. The Kier molecular flexibility index (Phi) is 4.37. The summed E-state index contributed by atoms with van der Waals surface area (Å²) >= 11 is 0. The van der Waals surface area contributed by atoms with Gasteiger partial charge in [0.05, 0.1) is 19.3 Å². The first kappa shape index (κ1) is 15.4. The summed E-state index contributed by atoms with van der Waals surface area (Å²) in [6.45, 7) is 5.73. The average Bonchev–Trinajstić information content (AvgIpc) is 2.80. The van der Waals surface area contributed by atoms with Crippen molar-refractivity contribution in [2.24, 2.45) is 0 Å². The molecular weight excluding hydrogens is 296 g/mol. The van der Waals surface area contributed by atoms with Gasteiger partial charge in [0.1, 0.15) is 0 Å². The van der Waals surface area contributed by atoms with E-state index in [2.05, 4.69) is 71.8 Å². The van der Waals surface area contributed by atoms with Crippen LogP contribution in [0.4, 0.5) is 11.4 Å². The van der Waals surface area contributed by atoms with Gasteiger partial charge < -0.3 is 15.0 Å². The maximum absolute atomic E-state index is 5.98. The van der Waals surface area contributed by atoms with Gasteiger partial charge in [-0.2, -0.15) is 0 Å². The van der Waals surface area contributed by atoms with Crippen molar-refractivity contribution in [1.82, 2.24) is 5.32 Å². The first-order valence-corrected chi connectivity index (χ1v) is 8.85. The highest BCUT2D eigenvalue weighted by atomic mass is 16.5. The molecule has 1 atom stereocenters. The Bertz CT molecular complexity index is 747. The van der Waals surface area contributed by atoms with Gasteiger partial charge in [-0.25, -0.2) is 0 Å². The number of ether oxygens (including phenoxy) is 1. The highest BCUT2D eigenvalue weighted by Gasteiger charge is 2.23. The predicted molar refractivity (Wildman–Crippen MR) is 101 cm³/mol. The molecule has 2 aromatic carbocycles. The van der Waals surface area contributed by atoms with Gasteiger partial charge in [-0.05, 0) is 35.2 Å². The third-order valence-electron chi connectivity index (χ3n) is 4.85. The molecule has 4 rings (SSSR count). The maximum Gasteiger partial charge on any atom is 0.0878 e. The fourth-order valence-electron chi connectivity index (χ4n) is 3.50. The second-order valence-corrected chi connectivity index (χ2v) is 6.45. The molecule has 1 N–H and O–H groups in total. The highest BCUT2D eigenvalue weighted by molar-refractivity contribution is 5.89. The Morgan fingerprint density at radius 1 is 1.08 bits per heavy atom. The molecule has 2 heterocycles. The Labute approximate surface area is 143 Å². The molecular formula is C21H24N2O. The molecule has 24 heavy (non-hydrogen) atoms. The number of hydrogen-bond acceptors (Lipinski definition) is 3. The SMILES string of the molecule is CCc1ccc2c(c1)N(CC1CNCCO1)c1ccccc1C=C2. The summed E-state index contributed by atoms with van der Waals surface area (Å²) in [4.78, 5) is 2.43. The lowest BCUT2D eigenvalue weighted by atomic mass is 10.1. The minimum absolute atomic E-state index is 0.211. The molecule has 2 aliphatic heterocycles. The number of para-hydroxylation sites is 1. The Hall–Kier alpha value is -2.10. The van der Waals surface area contributed by atoms with Gasteiger partial charge in [0.15, 0.2) is 0 Å². The number of nitrogens with zero attached hydrogens (tertiary/aromatic N) is 1. The van der Waals surface area contributed by atoms with Crippen molar-refractivity contribution in [2.75, 3.05) is 31.1 Å². The van der Waals surface area contributed by atoms with Crippen LogP contribution in [0.1, 0.15) is 23.6 Å². The summed E-state index contributed by atoms with van der Waals surface area (Å²) in [5.41, 5.74) is 6.44. The van der Waals surface area contributed by atoms with E-state index in [1.54, 1.807) is 0 Å². The van der Waals surface area contributed by atoms with Crippen LogP contribution in [-0.4, -0.2) is 32.3 Å². The lowest BCUT2D eigenvalue weighted by Gasteiger charge is -2.33. The smallest absolute Gasteiger partial charge is 0.0878 e. The third-order valence-corrected chi connectivity index (χ3v) is 4.85. The highest BCUT2D eigenvalue weighted by Crippen LogP contribution is 2.37. The molecule has 3 nitrogen and oxygen atoms in total. The number of fused-ring (bicyclic) bond motifs is 2. The van der Waals surface area contributed by atoms with Crippen LogP contribution in [0.3, 0.4) is 0 Å². The number of benzene rings is 2. The van der Waals surface area contributed by atoms with E-state index >= 15 is 0 Å². The van der Waals surface area contributed by atoms with Crippen LogP contribution in [0.25, 0.3) is 12.2 Å². The summed E-state index contributed by atoms with van der Waals surface area (Å²) in [5.74, 6) is 0. The fourth-order valence-corrected chi connectivity index (χ4v) is 3.50. The van der Waals surface area contributed by atoms with Gasteiger partial charge in [-0.1, -0.05) is 49.4 Å². The minimum Gasteiger partial charge on any atom is -0.374 e. The number of nitrogens with one attached hydrogen (secondary N) is 1. The summed E-state index contributed by atoms with van der Waals surface area (Å²) in [7, 11) is 0. The summed E-state index contributed by atoms with van der Waals surface area (Å²) in [6.07, 6.45) is 5.71. The molecule has 124 valence electrons. The van der Waals surface area contributed by atoms with Gasteiger partial charge in [0.25, 0.3) is 0 Å².